The first kappa shape index (κ1) is 22.2. The number of methoxy groups -OCH3 is 1. The fourth-order valence-corrected chi connectivity index (χ4v) is 6.44. The zero-order chi connectivity index (χ0) is 19.9. The molecular formula is C21H31BrO4Si. The van der Waals surface area contributed by atoms with Crippen LogP contribution in [0.25, 0.3) is 0 Å². The molecule has 0 N–H and O–H groups in total. The third kappa shape index (κ3) is 5.93. The largest absolute Gasteiger partial charge is 0.547 e. The van der Waals surface area contributed by atoms with Crippen LogP contribution in [0.4, 0.5) is 0 Å². The van der Waals surface area contributed by atoms with Crippen LogP contribution in [0.15, 0.2) is 40.6 Å². The number of benzene rings is 1. The van der Waals surface area contributed by atoms with Crippen molar-refractivity contribution in [2.45, 2.75) is 57.8 Å². The average molecular weight is 455 g/mol. The minimum Gasteiger partial charge on any atom is -0.547 e. The quantitative estimate of drug-likeness (QED) is 0.342. The molecule has 2 atom stereocenters. The summed E-state index contributed by atoms with van der Waals surface area (Å²) >= 11 is 3.37. The third-order valence-corrected chi connectivity index (χ3v) is 10.7. The molecule has 1 aliphatic carbocycles. The van der Waals surface area contributed by atoms with E-state index in [1.54, 1.807) is 19.2 Å². The van der Waals surface area contributed by atoms with Gasteiger partial charge >= 0.3 is 5.97 Å². The number of allylic oxidation sites excluding steroid dienone is 1. The fraction of sp³-hybridized carbons (Fsp3) is 0.571. The van der Waals surface area contributed by atoms with Gasteiger partial charge in [0.2, 0.25) is 8.32 Å². The van der Waals surface area contributed by atoms with Gasteiger partial charge in [0.1, 0.15) is 0 Å². The zero-order valence-corrected chi connectivity index (χ0v) is 19.4. The van der Waals surface area contributed by atoms with E-state index in [1.165, 1.54) is 0 Å². The van der Waals surface area contributed by atoms with E-state index >= 15 is 0 Å². The van der Waals surface area contributed by atoms with Crippen LogP contribution in [-0.2, 0) is 13.9 Å². The Morgan fingerprint density at radius 3 is 2.33 bits per heavy atom. The van der Waals surface area contributed by atoms with Crippen molar-refractivity contribution in [1.29, 1.82) is 0 Å². The summed E-state index contributed by atoms with van der Waals surface area (Å²) in [6, 6.07) is 10.6. The predicted octanol–water partition coefficient (Wildman–Crippen LogP) is 5.94. The van der Waals surface area contributed by atoms with Gasteiger partial charge in [-0.05, 0) is 54.9 Å². The molecule has 150 valence electrons. The lowest BCUT2D eigenvalue weighted by Crippen LogP contribution is -2.37. The summed E-state index contributed by atoms with van der Waals surface area (Å²) in [5.41, 5.74) is 0.562. The predicted molar refractivity (Wildman–Crippen MR) is 114 cm³/mol. The molecule has 0 heterocycles. The van der Waals surface area contributed by atoms with Crippen molar-refractivity contribution in [2.75, 3.05) is 13.7 Å². The number of hydrogen-bond acceptors (Lipinski definition) is 4. The number of esters is 1. The molecule has 0 aliphatic heterocycles. The molecule has 27 heavy (non-hydrogen) atoms. The molecule has 0 bridgehead atoms. The van der Waals surface area contributed by atoms with E-state index in [-0.39, 0.29) is 18.0 Å². The van der Waals surface area contributed by atoms with Crippen LogP contribution in [0.5, 0.6) is 0 Å². The molecule has 1 aromatic rings. The highest BCUT2D eigenvalue weighted by Crippen LogP contribution is 2.32. The van der Waals surface area contributed by atoms with E-state index in [0.717, 1.165) is 41.2 Å². The summed E-state index contributed by atoms with van der Waals surface area (Å²) in [7, 11) is 0.0388. The molecular weight excluding hydrogens is 424 g/mol. The molecule has 0 aromatic heterocycles. The van der Waals surface area contributed by atoms with Crippen molar-refractivity contribution in [2.24, 2.45) is 5.92 Å². The highest BCUT2D eigenvalue weighted by atomic mass is 79.9. The maximum Gasteiger partial charge on any atom is 0.338 e. The van der Waals surface area contributed by atoms with Crippen LogP contribution >= 0.6 is 15.9 Å². The van der Waals surface area contributed by atoms with Crippen LogP contribution < -0.4 is 0 Å². The number of halogens is 1. The second-order valence-corrected chi connectivity index (χ2v) is 12.7. The lowest BCUT2D eigenvalue weighted by molar-refractivity contribution is 0.0144. The second-order valence-electron chi connectivity index (χ2n) is 7.08. The molecule has 0 amide bonds. The molecule has 0 radical (unpaired) electrons. The van der Waals surface area contributed by atoms with Gasteiger partial charge < -0.3 is 13.9 Å². The molecule has 6 heteroatoms. The lowest BCUT2D eigenvalue weighted by atomic mass is 9.91. The SMILES string of the molecule is CC[Si](CC)(CC)OC1=C[C@@H](OC)[C@H](COC(=O)c2ccc(Br)cc2)CC1. The molecule has 1 aliphatic rings. The standard InChI is InChI=1S/C21H31BrO4Si/c1-5-27(6-2,7-3)26-19-13-10-17(20(14-19)24-4)15-25-21(23)16-8-11-18(22)12-9-16/h8-9,11-12,14,17,20H,5-7,10,13,15H2,1-4H3/t17-,20+/m0/s1. The van der Waals surface area contributed by atoms with Crippen LogP contribution in [0.3, 0.4) is 0 Å². The Morgan fingerprint density at radius 2 is 1.78 bits per heavy atom. The second kappa shape index (κ2) is 10.4. The summed E-state index contributed by atoms with van der Waals surface area (Å²) in [6.07, 6.45) is 3.81. The Kier molecular flexibility index (Phi) is 8.57. The maximum atomic E-state index is 12.2. The van der Waals surface area contributed by atoms with E-state index < -0.39 is 8.32 Å². The van der Waals surface area contributed by atoms with Crippen molar-refractivity contribution in [3.05, 3.63) is 46.1 Å². The average Bonchev–Trinajstić information content (AvgIpc) is 2.71. The topological polar surface area (TPSA) is 44.8 Å². The van der Waals surface area contributed by atoms with Crippen LogP contribution in [0, 0.1) is 5.92 Å². The first-order chi connectivity index (χ1) is 13.0. The van der Waals surface area contributed by atoms with Gasteiger partial charge in [-0.3, -0.25) is 0 Å². The minimum absolute atomic E-state index is 0.0799. The summed E-state index contributed by atoms with van der Waals surface area (Å²) in [4.78, 5) is 12.2. The monoisotopic (exact) mass is 454 g/mol. The van der Waals surface area contributed by atoms with E-state index in [0.29, 0.717) is 12.2 Å². The summed E-state index contributed by atoms with van der Waals surface area (Å²) in [5, 5.41) is 0. The Balaban J connectivity index is 1.96. The Morgan fingerprint density at radius 1 is 1.15 bits per heavy atom. The van der Waals surface area contributed by atoms with Crippen molar-refractivity contribution in [1.82, 2.24) is 0 Å². The molecule has 0 saturated carbocycles. The van der Waals surface area contributed by atoms with Crippen molar-refractivity contribution < 1.29 is 18.7 Å². The first-order valence-corrected chi connectivity index (χ1v) is 13.1. The normalized spacial score (nSPS) is 20.1. The molecule has 0 fully saturated rings. The van der Waals surface area contributed by atoms with Crippen molar-refractivity contribution >= 4 is 30.2 Å². The number of ether oxygens (including phenoxy) is 2. The Bertz CT molecular complexity index is 632. The van der Waals surface area contributed by atoms with Gasteiger partial charge in [0.05, 0.1) is 24.0 Å². The molecule has 0 saturated heterocycles. The summed E-state index contributed by atoms with van der Waals surface area (Å²) in [6.45, 7) is 7.07. The van der Waals surface area contributed by atoms with Gasteiger partial charge in [0.15, 0.2) is 0 Å². The van der Waals surface area contributed by atoms with Gasteiger partial charge in [-0.15, -0.1) is 0 Å². The van der Waals surface area contributed by atoms with Crippen LogP contribution in [-0.4, -0.2) is 34.1 Å². The molecule has 1 aromatic carbocycles. The van der Waals surface area contributed by atoms with Crippen LogP contribution in [0.1, 0.15) is 44.0 Å². The van der Waals surface area contributed by atoms with Gasteiger partial charge in [-0.2, -0.15) is 0 Å². The van der Waals surface area contributed by atoms with E-state index in [9.17, 15) is 4.79 Å². The molecule has 0 unspecified atom stereocenters. The highest BCUT2D eigenvalue weighted by Gasteiger charge is 2.34. The number of carbonyl (C=O) groups excluding carboxylic acids is 1. The fourth-order valence-electron chi connectivity index (χ4n) is 3.51. The van der Waals surface area contributed by atoms with Gasteiger partial charge in [-0.1, -0.05) is 36.7 Å². The molecule has 4 nitrogen and oxygen atoms in total. The summed E-state index contributed by atoms with van der Waals surface area (Å²) in [5.74, 6) is 0.926. The maximum absolute atomic E-state index is 12.2. The molecule has 0 spiro atoms. The number of carbonyl (C=O) groups is 1. The van der Waals surface area contributed by atoms with E-state index in [2.05, 4.69) is 42.8 Å². The minimum atomic E-state index is -1.67. The zero-order valence-electron chi connectivity index (χ0n) is 16.8. The Labute approximate surface area is 172 Å². The number of rotatable bonds is 9. The van der Waals surface area contributed by atoms with Gasteiger partial charge in [0, 0.05) is 23.9 Å². The summed E-state index contributed by atoms with van der Waals surface area (Å²) < 4.78 is 18.7. The Hall–Kier alpha value is -1.11. The van der Waals surface area contributed by atoms with Crippen molar-refractivity contribution in [3.63, 3.8) is 0 Å². The van der Waals surface area contributed by atoms with Crippen LogP contribution in [0.2, 0.25) is 18.1 Å². The first-order valence-electron chi connectivity index (χ1n) is 9.82. The lowest BCUT2D eigenvalue weighted by Gasteiger charge is -2.35. The van der Waals surface area contributed by atoms with Crippen molar-refractivity contribution in [3.8, 4) is 0 Å². The van der Waals surface area contributed by atoms with E-state index in [4.69, 9.17) is 13.9 Å². The molecule has 2 rings (SSSR count). The van der Waals surface area contributed by atoms with Gasteiger partial charge in [-0.25, -0.2) is 4.79 Å². The highest BCUT2D eigenvalue weighted by molar-refractivity contribution is 9.10. The number of hydrogen-bond donors (Lipinski definition) is 0. The van der Waals surface area contributed by atoms with Gasteiger partial charge in [0.25, 0.3) is 0 Å². The smallest absolute Gasteiger partial charge is 0.338 e. The van der Waals surface area contributed by atoms with E-state index in [1.807, 2.05) is 12.1 Å². The third-order valence-electron chi connectivity index (χ3n) is 5.64.